The van der Waals surface area contributed by atoms with Gasteiger partial charge in [-0.25, -0.2) is 4.98 Å². The van der Waals surface area contributed by atoms with E-state index in [0.717, 1.165) is 17.1 Å². The summed E-state index contributed by atoms with van der Waals surface area (Å²) in [4.78, 5) is 8.62. The zero-order valence-corrected chi connectivity index (χ0v) is 12.1. The number of imidazole rings is 1. The van der Waals surface area contributed by atoms with Gasteiger partial charge in [0, 0.05) is 37.9 Å². The quantitative estimate of drug-likeness (QED) is 0.782. The van der Waals surface area contributed by atoms with Crippen LogP contribution in [0.1, 0.15) is 36.2 Å². The Morgan fingerprint density at radius 2 is 2.14 bits per heavy atom. The first-order valence-electron chi connectivity index (χ1n) is 6.92. The van der Waals surface area contributed by atoms with Crippen LogP contribution in [0.3, 0.4) is 0 Å². The maximum absolute atomic E-state index is 5.58. The molecular weight excluding hydrogens is 264 g/mol. The van der Waals surface area contributed by atoms with Crippen molar-refractivity contribution in [1.29, 1.82) is 0 Å². The summed E-state index contributed by atoms with van der Waals surface area (Å²) >= 11 is 0. The smallest absolute Gasteiger partial charge is 0.133 e. The first-order chi connectivity index (χ1) is 10.3. The van der Waals surface area contributed by atoms with Crippen LogP contribution < -0.4 is 5.32 Å². The van der Waals surface area contributed by atoms with Crippen LogP contribution in [-0.2, 0) is 7.05 Å². The Hall–Kier alpha value is -2.40. The minimum Gasteiger partial charge on any atom is -0.467 e. The Labute approximate surface area is 123 Å². The van der Waals surface area contributed by atoms with Crippen LogP contribution >= 0.6 is 0 Å². The van der Waals surface area contributed by atoms with E-state index in [9.17, 15) is 0 Å². The third-order valence-corrected chi connectivity index (χ3v) is 3.55. The van der Waals surface area contributed by atoms with Crippen LogP contribution in [0.15, 0.2) is 59.7 Å². The summed E-state index contributed by atoms with van der Waals surface area (Å²) in [6.45, 7) is 2.11. The molecule has 108 valence electrons. The zero-order valence-electron chi connectivity index (χ0n) is 12.1. The van der Waals surface area contributed by atoms with Gasteiger partial charge in [-0.3, -0.25) is 10.3 Å². The van der Waals surface area contributed by atoms with Gasteiger partial charge >= 0.3 is 0 Å². The van der Waals surface area contributed by atoms with Gasteiger partial charge in [-0.15, -0.1) is 0 Å². The summed E-state index contributed by atoms with van der Waals surface area (Å²) in [6.07, 6.45) is 9.05. The number of hydrogen-bond acceptors (Lipinski definition) is 4. The lowest BCUT2D eigenvalue weighted by Crippen LogP contribution is -2.27. The Balaban J connectivity index is 1.89. The van der Waals surface area contributed by atoms with Crippen molar-refractivity contribution in [3.63, 3.8) is 0 Å². The molecule has 3 aromatic rings. The Morgan fingerprint density at radius 1 is 1.24 bits per heavy atom. The molecule has 1 N–H and O–H groups in total. The number of nitrogens with one attached hydrogen (secondary N) is 1. The van der Waals surface area contributed by atoms with Crippen LogP contribution in [0.5, 0.6) is 0 Å². The highest BCUT2D eigenvalue weighted by Gasteiger charge is 2.23. The summed E-state index contributed by atoms with van der Waals surface area (Å²) in [5.74, 6) is 1.76. The van der Waals surface area contributed by atoms with Crippen molar-refractivity contribution in [2.75, 3.05) is 0 Å². The molecule has 5 nitrogen and oxygen atoms in total. The molecule has 0 fully saturated rings. The largest absolute Gasteiger partial charge is 0.467 e. The molecule has 3 aromatic heterocycles. The van der Waals surface area contributed by atoms with E-state index in [2.05, 4.69) is 28.3 Å². The Morgan fingerprint density at radius 3 is 2.76 bits per heavy atom. The molecule has 0 aliphatic carbocycles. The fourth-order valence-electron chi connectivity index (χ4n) is 2.37. The van der Waals surface area contributed by atoms with Gasteiger partial charge in [0.25, 0.3) is 0 Å². The van der Waals surface area contributed by atoms with Crippen LogP contribution in [0.25, 0.3) is 0 Å². The van der Waals surface area contributed by atoms with Gasteiger partial charge in [-0.2, -0.15) is 0 Å². The molecule has 0 aliphatic rings. The van der Waals surface area contributed by atoms with Gasteiger partial charge in [0.05, 0.1) is 6.26 Å². The van der Waals surface area contributed by atoms with E-state index < -0.39 is 0 Å². The van der Waals surface area contributed by atoms with E-state index in [1.54, 1.807) is 18.7 Å². The van der Waals surface area contributed by atoms with Crippen molar-refractivity contribution in [2.24, 2.45) is 7.05 Å². The zero-order chi connectivity index (χ0) is 14.7. The Bertz CT molecular complexity index is 675. The monoisotopic (exact) mass is 282 g/mol. The van der Waals surface area contributed by atoms with E-state index in [4.69, 9.17) is 4.42 Å². The third kappa shape index (κ3) is 2.87. The molecule has 0 aliphatic heterocycles. The molecule has 1 unspecified atom stereocenters. The lowest BCUT2D eigenvalue weighted by molar-refractivity contribution is 0.402. The topological polar surface area (TPSA) is 55.9 Å². The van der Waals surface area contributed by atoms with Crippen molar-refractivity contribution >= 4 is 0 Å². The lowest BCUT2D eigenvalue weighted by Gasteiger charge is -2.21. The molecule has 0 radical (unpaired) electrons. The number of furan rings is 1. The summed E-state index contributed by atoms with van der Waals surface area (Å²) in [5.41, 5.74) is 1.13. The van der Waals surface area contributed by atoms with Crippen molar-refractivity contribution in [2.45, 2.75) is 19.0 Å². The van der Waals surface area contributed by atoms with Crippen molar-refractivity contribution in [1.82, 2.24) is 19.9 Å². The average Bonchev–Trinajstić information content (AvgIpc) is 3.17. The predicted octanol–water partition coefficient (Wildman–Crippen LogP) is 2.85. The SMILES string of the molecule is C[C@H](NC(c1ccco1)c1nccn1C)c1cccnc1. The van der Waals surface area contributed by atoms with Crippen LogP contribution in [0.2, 0.25) is 0 Å². The van der Waals surface area contributed by atoms with Crippen molar-refractivity contribution < 1.29 is 4.42 Å². The van der Waals surface area contributed by atoms with Crippen LogP contribution in [-0.4, -0.2) is 14.5 Å². The molecule has 0 amide bonds. The summed E-state index contributed by atoms with van der Waals surface area (Å²) in [5, 5.41) is 3.56. The third-order valence-electron chi connectivity index (χ3n) is 3.55. The minimum absolute atomic E-state index is 0.102. The van der Waals surface area contributed by atoms with Crippen molar-refractivity contribution in [3.05, 3.63) is 72.5 Å². The number of nitrogens with zero attached hydrogens (tertiary/aromatic N) is 3. The standard InChI is InChI=1S/C16H18N4O/c1-12(13-5-3-7-17-11-13)19-15(14-6-4-10-21-14)16-18-8-9-20(16)2/h3-12,15,19H,1-2H3/t12-,15?/m0/s1. The molecule has 21 heavy (non-hydrogen) atoms. The molecule has 5 heteroatoms. The summed E-state index contributed by atoms with van der Waals surface area (Å²) in [6, 6.07) is 7.88. The number of aromatic nitrogens is 3. The molecule has 0 aromatic carbocycles. The van der Waals surface area contributed by atoms with E-state index in [1.807, 2.05) is 42.2 Å². The Kier molecular flexibility index (Phi) is 3.83. The van der Waals surface area contributed by atoms with Gasteiger partial charge in [0.1, 0.15) is 17.6 Å². The summed E-state index contributed by atoms with van der Waals surface area (Å²) < 4.78 is 7.58. The normalized spacial score (nSPS) is 14.0. The fraction of sp³-hybridized carbons (Fsp3) is 0.250. The van der Waals surface area contributed by atoms with E-state index in [-0.39, 0.29) is 12.1 Å². The molecule has 0 saturated heterocycles. The summed E-state index contributed by atoms with van der Waals surface area (Å²) in [7, 11) is 1.98. The van der Waals surface area contributed by atoms with E-state index in [1.165, 1.54) is 0 Å². The maximum Gasteiger partial charge on any atom is 0.133 e. The van der Waals surface area contributed by atoms with E-state index in [0.29, 0.717) is 0 Å². The van der Waals surface area contributed by atoms with Crippen molar-refractivity contribution in [3.8, 4) is 0 Å². The first-order valence-corrected chi connectivity index (χ1v) is 6.92. The molecule has 3 heterocycles. The maximum atomic E-state index is 5.58. The minimum atomic E-state index is -0.102. The molecule has 2 atom stereocenters. The second-order valence-electron chi connectivity index (χ2n) is 5.02. The van der Waals surface area contributed by atoms with Gasteiger partial charge in [-0.1, -0.05) is 6.07 Å². The molecule has 0 bridgehead atoms. The van der Waals surface area contributed by atoms with E-state index >= 15 is 0 Å². The highest BCUT2D eigenvalue weighted by molar-refractivity contribution is 5.19. The predicted molar refractivity (Wildman–Crippen MR) is 79.5 cm³/mol. The van der Waals surface area contributed by atoms with Gasteiger partial charge in [-0.05, 0) is 30.7 Å². The van der Waals surface area contributed by atoms with Gasteiger partial charge in [0.2, 0.25) is 0 Å². The second kappa shape index (κ2) is 5.93. The molecule has 3 rings (SSSR count). The van der Waals surface area contributed by atoms with Crippen LogP contribution in [0, 0.1) is 0 Å². The second-order valence-corrected chi connectivity index (χ2v) is 5.02. The number of aryl methyl sites for hydroxylation is 1. The number of pyridine rings is 1. The van der Waals surface area contributed by atoms with Crippen LogP contribution in [0.4, 0.5) is 0 Å². The van der Waals surface area contributed by atoms with Gasteiger partial charge < -0.3 is 8.98 Å². The first kappa shape index (κ1) is 13.6. The highest BCUT2D eigenvalue weighted by Crippen LogP contribution is 2.24. The molecule has 0 spiro atoms. The molecular formula is C16H18N4O. The highest BCUT2D eigenvalue weighted by atomic mass is 16.3. The number of rotatable bonds is 5. The van der Waals surface area contributed by atoms with Gasteiger partial charge in [0.15, 0.2) is 0 Å². The lowest BCUT2D eigenvalue weighted by atomic mass is 10.1. The average molecular weight is 282 g/mol. The fourth-order valence-corrected chi connectivity index (χ4v) is 2.37. The molecule has 0 saturated carbocycles. The number of hydrogen-bond donors (Lipinski definition) is 1.